The molecule has 6 heteroatoms. The number of carboxylic acids is 1. The van der Waals surface area contributed by atoms with Crippen molar-refractivity contribution in [2.24, 2.45) is 5.73 Å². The lowest BCUT2D eigenvalue weighted by Crippen LogP contribution is -2.43. The molecule has 0 aliphatic rings. The summed E-state index contributed by atoms with van der Waals surface area (Å²) in [5, 5.41) is 11.3. The molecule has 0 radical (unpaired) electrons. The van der Waals surface area contributed by atoms with Gasteiger partial charge in [-0.3, -0.25) is 10.1 Å². The van der Waals surface area contributed by atoms with Gasteiger partial charge in [0.25, 0.3) is 0 Å². The van der Waals surface area contributed by atoms with Crippen LogP contribution in [0.15, 0.2) is 0 Å². The standard InChI is InChI=1S/C9H20N2O4/c1-9(2,3)15-6-14-5-11-7(4-10)8(12)13/h7,11H,4-6,10H2,1-3H3,(H,12,13)/t7-/m0/s1. The van der Waals surface area contributed by atoms with Crippen LogP contribution in [0.3, 0.4) is 0 Å². The Balaban J connectivity index is 3.49. The van der Waals surface area contributed by atoms with Gasteiger partial charge >= 0.3 is 5.97 Å². The van der Waals surface area contributed by atoms with Gasteiger partial charge in [-0.2, -0.15) is 0 Å². The van der Waals surface area contributed by atoms with E-state index in [0.29, 0.717) is 0 Å². The van der Waals surface area contributed by atoms with E-state index < -0.39 is 12.0 Å². The zero-order chi connectivity index (χ0) is 11.9. The van der Waals surface area contributed by atoms with Gasteiger partial charge in [-0.25, -0.2) is 0 Å². The molecule has 1 atom stereocenters. The van der Waals surface area contributed by atoms with Crippen LogP contribution in [-0.4, -0.2) is 42.8 Å². The second-order valence-electron chi connectivity index (χ2n) is 4.05. The first-order valence-corrected chi connectivity index (χ1v) is 4.75. The van der Waals surface area contributed by atoms with Crippen LogP contribution in [0.4, 0.5) is 0 Å². The van der Waals surface area contributed by atoms with Gasteiger partial charge in [0.15, 0.2) is 0 Å². The molecule has 4 N–H and O–H groups in total. The number of carboxylic acid groups (broad SMARTS) is 1. The van der Waals surface area contributed by atoms with E-state index in [2.05, 4.69) is 5.32 Å². The number of carbonyl (C=O) groups is 1. The second-order valence-corrected chi connectivity index (χ2v) is 4.05. The van der Waals surface area contributed by atoms with Crippen molar-refractivity contribution in [1.29, 1.82) is 0 Å². The lowest BCUT2D eigenvalue weighted by molar-refractivity contribution is -0.143. The smallest absolute Gasteiger partial charge is 0.322 e. The van der Waals surface area contributed by atoms with Crippen LogP contribution in [-0.2, 0) is 14.3 Å². The Morgan fingerprint density at radius 2 is 2.13 bits per heavy atom. The van der Waals surface area contributed by atoms with E-state index in [1.165, 1.54) is 0 Å². The lowest BCUT2D eigenvalue weighted by atomic mass is 10.2. The summed E-state index contributed by atoms with van der Waals surface area (Å²) in [7, 11) is 0. The van der Waals surface area contributed by atoms with Gasteiger partial charge in [0.2, 0.25) is 0 Å². The highest BCUT2D eigenvalue weighted by Gasteiger charge is 2.14. The molecule has 0 fully saturated rings. The number of aliphatic carboxylic acids is 1. The third-order valence-corrected chi connectivity index (χ3v) is 1.54. The van der Waals surface area contributed by atoms with Gasteiger partial charge in [0.05, 0.1) is 5.60 Å². The van der Waals surface area contributed by atoms with Crippen molar-refractivity contribution >= 4 is 5.97 Å². The minimum absolute atomic E-state index is 0.0266. The highest BCUT2D eigenvalue weighted by atomic mass is 16.7. The third-order valence-electron chi connectivity index (χ3n) is 1.54. The third kappa shape index (κ3) is 8.31. The van der Waals surface area contributed by atoms with Crippen molar-refractivity contribution in [3.63, 3.8) is 0 Å². The van der Waals surface area contributed by atoms with E-state index in [4.69, 9.17) is 20.3 Å². The molecule has 0 spiro atoms. The fourth-order valence-electron chi connectivity index (χ4n) is 0.691. The SMILES string of the molecule is CC(C)(C)OCOCN[C@@H](CN)C(=O)O. The molecule has 0 aliphatic heterocycles. The Kier molecular flexibility index (Phi) is 6.42. The maximum atomic E-state index is 10.5. The fraction of sp³-hybridized carbons (Fsp3) is 0.889. The summed E-state index contributed by atoms with van der Waals surface area (Å²) in [4.78, 5) is 10.5. The quantitative estimate of drug-likeness (QED) is 0.404. The predicted octanol–water partition coefficient (Wildman–Crippen LogP) is -0.265. The Labute approximate surface area is 89.7 Å². The van der Waals surface area contributed by atoms with Crippen molar-refractivity contribution < 1.29 is 19.4 Å². The highest BCUT2D eigenvalue weighted by Crippen LogP contribution is 2.05. The van der Waals surface area contributed by atoms with E-state index in [1.54, 1.807) is 0 Å². The Bertz CT molecular complexity index is 191. The van der Waals surface area contributed by atoms with Crippen LogP contribution < -0.4 is 11.1 Å². The van der Waals surface area contributed by atoms with Crippen molar-refractivity contribution in [3.8, 4) is 0 Å². The summed E-state index contributed by atoms with van der Waals surface area (Å²) in [5.41, 5.74) is 4.96. The van der Waals surface area contributed by atoms with Gasteiger partial charge in [0, 0.05) is 6.54 Å². The van der Waals surface area contributed by atoms with Crippen LogP contribution in [0.5, 0.6) is 0 Å². The first-order valence-electron chi connectivity index (χ1n) is 4.75. The maximum Gasteiger partial charge on any atom is 0.322 e. The topological polar surface area (TPSA) is 93.8 Å². The largest absolute Gasteiger partial charge is 0.480 e. The van der Waals surface area contributed by atoms with E-state index >= 15 is 0 Å². The summed E-state index contributed by atoms with van der Waals surface area (Å²) in [6.45, 7) is 5.97. The minimum Gasteiger partial charge on any atom is -0.480 e. The first kappa shape index (κ1) is 14.3. The van der Waals surface area contributed by atoms with Crippen LogP contribution in [0.2, 0.25) is 0 Å². The number of hydrogen-bond donors (Lipinski definition) is 3. The number of rotatable bonds is 7. The fourth-order valence-corrected chi connectivity index (χ4v) is 0.691. The maximum absolute atomic E-state index is 10.5. The van der Waals surface area contributed by atoms with Gasteiger partial charge in [0.1, 0.15) is 19.6 Å². The Hall–Kier alpha value is -0.690. The van der Waals surface area contributed by atoms with Crippen LogP contribution >= 0.6 is 0 Å². The molecular weight excluding hydrogens is 200 g/mol. The summed E-state index contributed by atoms with van der Waals surface area (Å²) < 4.78 is 10.3. The monoisotopic (exact) mass is 220 g/mol. The molecule has 15 heavy (non-hydrogen) atoms. The summed E-state index contributed by atoms with van der Waals surface area (Å²) >= 11 is 0. The normalized spacial score (nSPS) is 13.9. The zero-order valence-electron chi connectivity index (χ0n) is 9.45. The van der Waals surface area contributed by atoms with Gasteiger partial charge in [-0.05, 0) is 20.8 Å². The molecule has 0 aromatic rings. The van der Waals surface area contributed by atoms with Crippen molar-refractivity contribution in [3.05, 3.63) is 0 Å². The van der Waals surface area contributed by atoms with Crippen LogP contribution in [0.1, 0.15) is 20.8 Å². The van der Waals surface area contributed by atoms with E-state index in [-0.39, 0.29) is 25.7 Å². The number of ether oxygens (including phenoxy) is 2. The van der Waals surface area contributed by atoms with Gasteiger partial charge < -0.3 is 20.3 Å². The zero-order valence-corrected chi connectivity index (χ0v) is 9.45. The number of nitrogens with one attached hydrogen (secondary N) is 1. The van der Waals surface area contributed by atoms with Crippen LogP contribution in [0.25, 0.3) is 0 Å². The van der Waals surface area contributed by atoms with Gasteiger partial charge in [-0.1, -0.05) is 0 Å². The van der Waals surface area contributed by atoms with Crippen molar-refractivity contribution in [2.75, 3.05) is 20.1 Å². The molecule has 0 rings (SSSR count). The summed E-state index contributed by atoms with van der Waals surface area (Å²) in [6, 6.07) is -0.778. The molecule has 0 saturated carbocycles. The van der Waals surface area contributed by atoms with Crippen molar-refractivity contribution in [1.82, 2.24) is 5.32 Å². The second kappa shape index (κ2) is 6.73. The van der Waals surface area contributed by atoms with Crippen LogP contribution in [0, 0.1) is 0 Å². The lowest BCUT2D eigenvalue weighted by Gasteiger charge is -2.19. The van der Waals surface area contributed by atoms with Crippen molar-refractivity contribution in [2.45, 2.75) is 32.4 Å². The molecule has 0 amide bonds. The van der Waals surface area contributed by atoms with E-state index in [0.717, 1.165) is 0 Å². The summed E-state index contributed by atoms with van der Waals surface area (Å²) in [5.74, 6) is -0.988. The molecule has 0 heterocycles. The van der Waals surface area contributed by atoms with E-state index in [1.807, 2.05) is 20.8 Å². The molecule has 0 unspecified atom stereocenters. The molecule has 0 aromatic heterocycles. The molecule has 6 nitrogen and oxygen atoms in total. The predicted molar refractivity (Wildman–Crippen MR) is 55.3 cm³/mol. The summed E-state index contributed by atoms with van der Waals surface area (Å²) in [6.07, 6.45) is 0. The number of nitrogens with two attached hydrogens (primary N) is 1. The average Bonchev–Trinajstić information content (AvgIpc) is 2.08. The highest BCUT2D eigenvalue weighted by molar-refractivity contribution is 5.73. The molecule has 0 aromatic carbocycles. The molecule has 0 aliphatic carbocycles. The molecule has 0 bridgehead atoms. The average molecular weight is 220 g/mol. The van der Waals surface area contributed by atoms with E-state index in [9.17, 15) is 4.79 Å². The Morgan fingerprint density at radius 1 is 1.53 bits per heavy atom. The first-order chi connectivity index (χ1) is 6.87. The molecule has 90 valence electrons. The molecular formula is C9H20N2O4. The molecule has 0 saturated heterocycles. The van der Waals surface area contributed by atoms with Gasteiger partial charge in [-0.15, -0.1) is 0 Å². The number of hydrogen-bond acceptors (Lipinski definition) is 5. The minimum atomic E-state index is -0.988. The Morgan fingerprint density at radius 3 is 2.53 bits per heavy atom.